The molecular weight excluding hydrogens is 579 g/mol. The fourth-order valence-corrected chi connectivity index (χ4v) is 5.38. The van der Waals surface area contributed by atoms with E-state index in [2.05, 4.69) is 12.2 Å². The van der Waals surface area contributed by atoms with Crippen molar-refractivity contribution >= 4 is 30.4 Å². The average molecular weight is 631 g/mol. The van der Waals surface area contributed by atoms with Crippen LogP contribution < -0.4 is 27.9 Å². The molecule has 0 aliphatic rings. The van der Waals surface area contributed by atoms with Gasteiger partial charge < -0.3 is 31.1 Å². The maximum atomic E-state index is 12.8. The van der Waals surface area contributed by atoms with Gasteiger partial charge in [-0.3, -0.25) is 14.2 Å². The topological polar surface area (TPSA) is 115 Å². The number of nitrogens with one attached hydrogen (secondary N) is 1. The molecule has 1 aromatic heterocycles. The van der Waals surface area contributed by atoms with Gasteiger partial charge in [-0.05, 0) is 25.0 Å². The van der Waals surface area contributed by atoms with Gasteiger partial charge in [0.25, 0.3) is 0 Å². The number of benzene rings is 1. The monoisotopic (exact) mass is 630 g/mol. The summed E-state index contributed by atoms with van der Waals surface area (Å²) >= 11 is 0. The number of quaternary nitrogens is 1. The van der Waals surface area contributed by atoms with Crippen LogP contribution in [0.25, 0.3) is 11.0 Å². The maximum Gasteiger partial charge on any atom is 0.527 e. The summed E-state index contributed by atoms with van der Waals surface area (Å²) in [5.41, 5.74) is 0.511. The zero-order valence-electron chi connectivity index (χ0n) is 26.2. The van der Waals surface area contributed by atoms with E-state index < -0.39 is 13.4 Å². The van der Waals surface area contributed by atoms with Crippen molar-refractivity contribution in [2.45, 2.75) is 104 Å². The number of phosphoric ester groups is 1. The second kappa shape index (κ2) is 19.4. The van der Waals surface area contributed by atoms with Gasteiger partial charge in [0, 0.05) is 23.9 Å². The molecule has 1 unspecified atom stereocenters. The number of fused-ring (bicyclic) bond motifs is 1. The highest BCUT2D eigenvalue weighted by molar-refractivity contribution is 7.47. The predicted molar refractivity (Wildman–Crippen MR) is 165 cm³/mol. The van der Waals surface area contributed by atoms with Crippen LogP contribution in [0.15, 0.2) is 27.4 Å². The number of hydrogen-bond acceptors (Lipinski definition) is 6. The molecule has 9 nitrogen and oxygen atoms in total. The van der Waals surface area contributed by atoms with Gasteiger partial charge in [-0.15, -0.1) is 0 Å². The summed E-state index contributed by atoms with van der Waals surface area (Å²) in [6.07, 6.45) is 16.3. The van der Waals surface area contributed by atoms with Crippen LogP contribution in [0, 0.1) is 6.92 Å². The maximum absolute atomic E-state index is 12.8. The summed E-state index contributed by atoms with van der Waals surface area (Å²) < 4.78 is 29.0. The fraction of sp³-hybridized carbons (Fsp3) is 0.677. The van der Waals surface area contributed by atoms with Crippen molar-refractivity contribution in [1.29, 1.82) is 0 Å². The molecule has 0 spiro atoms. The third-order valence-corrected chi connectivity index (χ3v) is 8.00. The highest BCUT2D eigenvalue weighted by Crippen LogP contribution is 2.47. The number of rotatable bonds is 21. The Morgan fingerprint density at radius 3 is 2.02 bits per heavy atom. The Morgan fingerprint density at radius 2 is 1.48 bits per heavy atom. The number of phosphoric acid groups is 1. The van der Waals surface area contributed by atoms with Crippen molar-refractivity contribution in [1.82, 2.24) is 0 Å². The first kappa shape index (κ1) is 38.1. The largest absolute Gasteiger partial charge is 1.00 e. The number of likely N-dealkylation sites (N-methyl/N-ethyl adjacent to an activating group) is 1. The number of carbonyl (C=O) groups is 1. The van der Waals surface area contributed by atoms with Gasteiger partial charge in [0.1, 0.15) is 18.7 Å². The number of hydrogen-bond donors (Lipinski definition) is 2. The van der Waals surface area contributed by atoms with Crippen molar-refractivity contribution in [3.8, 4) is 5.75 Å². The van der Waals surface area contributed by atoms with Gasteiger partial charge in [-0.2, -0.15) is 0 Å². The molecule has 0 saturated carbocycles. The van der Waals surface area contributed by atoms with E-state index in [0.717, 1.165) is 19.3 Å². The molecule has 0 fully saturated rings. The van der Waals surface area contributed by atoms with Crippen LogP contribution in [0.2, 0.25) is 0 Å². The van der Waals surface area contributed by atoms with E-state index in [0.29, 0.717) is 28.4 Å². The highest BCUT2D eigenvalue weighted by Gasteiger charge is 2.27. The second-order valence-electron chi connectivity index (χ2n) is 12.0. The third-order valence-electron chi connectivity index (χ3n) is 7.06. The number of aryl methyl sites for hydroxylation is 1. The minimum atomic E-state index is -4.50. The highest BCUT2D eigenvalue weighted by atomic mass is 35.5. The average Bonchev–Trinajstić information content (AvgIpc) is 2.86. The van der Waals surface area contributed by atoms with Gasteiger partial charge in [-0.1, -0.05) is 84.0 Å². The van der Waals surface area contributed by atoms with Crippen LogP contribution in [-0.2, 0) is 13.9 Å². The summed E-state index contributed by atoms with van der Waals surface area (Å²) in [4.78, 5) is 35.0. The summed E-state index contributed by atoms with van der Waals surface area (Å²) in [5.74, 6) is -0.313. The summed E-state index contributed by atoms with van der Waals surface area (Å²) in [6, 6.07) is 4.29. The minimum Gasteiger partial charge on any atom is -1.00 e. The molecule has 0 radical (unpaired) electrons. The van der Waals surface area contributed by atoms with Crippen LogP contribution in [0.5, 0.6) is 5.75 Å². The molecular formula is C31H52ClN2O7P. The lowest BCUT2D eigenvalue weighted by molar-refractivity contribution is -0.870. The molecule has 42 heavy (non-hydrogen) atoms. The molecule has 1 heterocycles. The van der Waals surface area contributed by atoms with Crippen molar-refractivity contribution in [3.05, 3.63) is 34.2 Å². The molecule has 2 aromatic rings. The summed E-state index contributed by atoms with van der Waals surface area (Å²) in [6.45, 7) is 4.49. The van der Waals surface area contributed by atoms with Crippen LogP contribution in [0.1, 0.15) is 102 Å². The summed E-state index contributed by atoms with van der Waals surface area (Å²) in [7, 11) is 1.30. The Labute approximate surface area is 258 Å². The Hall–Kier alpha value is -1.90. The number of unbranched alkanes of at least 4 members (excludes halogenated alkanes) is 12. The normalized spacial score (nSPS) is 13.0. The lowest BCUT2D eigenvalue weighted by atomic mass is 10.0. The molecule has 1 aromatic carbocycles. The molecule has 0 aliphatic heterocycles. The number of carbonyl (C=O) groups excluding carboxylic acids is 1. The first-order chi connectivity index (χ1) is 19.4. The molecule has 1 amide bonds. The van der Waals surface area contributed by atoms with E-state index in [1.165, 1.54) is 76.3 Å². The number of amides is 1. The Morgan fingerprint density at radius 1 is 0.929 bits per heavy atom. The van der Waals surface area contributed by atoms with E-state index in [-0.39, 0.29) is 41.9 Å². The van der Waals surface area contributed by atoms with Crippen molar-refractivity contribution in [3.63, 3.8) is 0 Å². The van der Waals surface area contributed by atoms with Gasteiger partial charge in [-0.25, -0.2) is 9.36 Å². The Bertz CT molecular complexity index is 1200. The third kappa shape index (κ3) is 15.5. The van der Waals surface area contributed by atoms with E-state index in [1.807, 2.05) is 21.1 Å². The summed E-state index contributed by atoms with van der Waals surface area (Å²) in [5, 5.41) is 3.41. The van der Waals surface area contributed by atoms with E-state index in [1.54, 1.807) is 13.0 Å². The van der Waals surface area contributed by atoms with Crippen LogP contribution in [0.3, 0.4) is 0 Å². The SMILES string of the molecule is CCCCCCCCCCCCCCCC(=O)Nc1cc2c(C)cc(=O)oc2cc1OP(=O)(O)OCC[N+](C)(C)C.[Cl-]. The number of anilines is 1. The minimum absolute atomic E-state index is 0. The van der Waals surface area contributed by atoms with E-state index in [4.69, 9.17) is 13.5 Å². The van der Waals surface area contributed by atoms with Crippen LogP contribution in [0.4, 0.5) is 5.69 Å². The Balaban J connectivity index is 0.00000882. The van der Waals surface area contributed by atoms with Crippen molar-refractivity contribution in [2.75, 3.05) is 39.6 Å². The fourth-order valence-electron chi connectivity index (χ4n) is 4.62. The van der Waals surface area contributed by atoms with Gasteiger partial charge in [0.2, 0.25) is 5.91 Å². The first-order valence-electron chi connectivity index (χ1n) is 15.3. The first-order valence-corrected chi connectivity index (χ1v) is 16.8. The predicted octanol–water partition coefficient (Wildman–Crippen LogP) is 4.73. The van der Waals surface area contributed by atoms with E-state index >= 15 is 0 Å². The molecule has 11 heteroatoms. The lowest BCUT2D eigenvalue weighted by Gasteiger charge is -2.24. The molecule has 2 rings (SSSR count). The molecule has 0 saturated heterocycles. The van der Waals surface area contributed by atoms with Crippen molar-refractivity contribution < 1.29 is 44.6 Å². The van der Waals surface area contributed by atoms with Crippen LogP contribution in [-0.4, -0.2) is 49.6 Å². The van der Waals surface area contributed by atoms with Gasteiger partial charge in [0.15, 0.2) is 5.75 Å². The van der Waals surface area contributed by atoms with Gasteiger partial charge in [0.05, 0.1) is 26.8 Å². The quantitative estimate of drug-likeness (QED) is 0.0887. The zero-order valence-corrected chi connectivity index (χ0v) is 27.9. The van der Waals surface area contributed by atoms with E-state index in [9.17, 15) is 19.0 Å². The van der Waals surface area contributed by atoms with Crippen LogP contribution >= 0.6 is 7.82 Å². The van der Waals surface area contributed by atoms with Crippen molar-refractivity contribution in [2.24, 2.45) is 0 Å². The smallest absolute Gasteiger partial charge is 0.527 e. The molecule has 0 aliphatic carbocycles. The molecule has 240 valence electrons. The Kier molecular flexibility index (Phi) is 17.6. The standard InChI is InChI=1S/C31H51N2O7P.ClH/c1-6-7-8-9-10-11-12-13-14-15-16-17-18-19-30(34)32-27-23-26-25(2)22-31(35)39-28(26)24-29(27)40-41(36,37)38-21-20-33(3,4)5;/h22-24H,6-21H2,1-5H3,(H-,32,34,36,37);1H. The number of nitrogens with zero attached hydrogens (tertiary/aromatic N) is 1. The zero-order chi connectivity index (χ0) is 30.3. The molecule has 1 atom stereocenters. The molecule has 2 N–H and O–H groups in total. The second-order valence-corrected chi connectivity index (χ2v) is 13.4. The lowest BCUT2D eigenvalue weighted by Crippen LogP contribution is -3.00. The number of halogens is 1. The van der Waals surface area contributed by atoms with Gasteiger partial charge >= 0.3 is 13.4 Å². The molecule has 0 bridgehead atoms.